The minimum atomic E-state index is -0.514. The van der Waals surface area contributed by atoms with E-state index in [4.69, 9.17) is 17.3 Å². The van der Waals surface area contributed by atoms with Crippen LogP contribution in [0.5, 0.6) is 0 Å². The van der Waals surface area contributed by atoms with Crippen LogP contribution in [0.2, 0.25) is 5.02 Å². The van der Waals surface area contributed by atoms with E-state index in [1.54, 1.807) is 18.3 Å². The van der Waals surface area contributed by atoms with Crippen molar-refractivity contribution in [2.24, 2.45) is 10.8 Å². The number of nitrogens with two attached hydrogens (primary N) is 1. The molecule has 24 heavy (non-hydrogen) atoms. The number of hydrogen-bond donors (Lipinski definition) is 2. The van der Waals surface area contributed by atoms with E-state index in [-0.39, 0.29) is 0 Å². The van der Waals surface area contributed by atoms with Crippen LogP contribution in [0.15, 0.2) is 60.2 Å². The standard InChI is InChI=1S/C19H20ClN3O/c1-3-22-23-12-13(2)14-4-6-15(7-5-14)18(19(21)24)16-8-10-17(20)11-9-16/h4-12,18,22H,2-3H2,1H3,(H2,21,24)/b23-12-. The molecule has 1 unspecified atom stereocenters. The molecule has 0 spiro atoms. The number of benzene rings is 2. The zero-order valence-electron chi connectivity index (χ0n) is 13.5. The molecule has 0 aliphatic rings. The monoisotopic (exact) mass is 341 g/mol. The van der Waals surface area contributed by atoms with Crippen LogP contribution in [0.4, 0.5) is 0 Å². The molecule has 0 aromatic heterocycles. The average Bonchev–Trinajstić information content (AvgIpc) is 2.57. The predicted octanol–water partition coefficient (Wildman–Crippen LogP) is 3.57. The maximum atomic E-state index is 11.9. The first-order valence-electron chi connectivity index (χ1n) is 7.63. The van der Waals surface area contributed by atoms with Gasteiger partial charge in [-0.1, -0.05) is 54.6 Å². The van der Waals surface area contributed by atoms with Gasteiger partial charge < -0.3 is 11.2 Å². The van der Waals surface area contributed by atoms with Crippen LogP contribution in [-0.2, 0) is 4.79 Å². The Labute approximate surface area is 147 Å². The summed E-state index contributed by atoms with van der Waals surface area (Å²) in [6.07, 6.45) is 1.67. The van der Waals surface area contributed by atoms with Crippen molar-refractivity contribution in [3.63, 3.8) is 0 Å². The second-order valence-corrected chi connectivity index (χ2v) is 5.74. The van der Waals surface area contributed by atoms with Crippen LogP contribution in [0.3, 0.4) is 0 Å². The fraction of sp³-hybridized carbons (Fsp3) is 0.158. The normalized spacial score (nSPS) is 12.1. The Morgan fingerprint density at radius 2 is 1.75 bits per heavy atom. The van der Waals surface area contributed by atoms with Gasteiger partial charge in [0.15, 0.2) is 0 Å². The van der Waals surface area contributed by atoms with Crippen LogP contribution in [-0.4, -0.2) is 18.7 Å². The number of hydrazone groups is 1. The number of carbonyl (C=O) groups excluding carboxylic acids is 1. The van der Waals surface area contributed by atoms with E-state index in [2.05, 4.69) is 17.1 Å². The molecule has 0 heterocycles. The lowest BCUT2D eigenvalue weighted by atomic mass is 9.90. The summed E-state index contributed by atoms with van der Waals surface area (Å²) in [6.45, 7) is 6.70. The Morgan fingerprint density at radius 1 is 1.21 bits per heavy atom. The molecule has 0 saturated carbocycles. The Morgan fingerprint density at radius 3 is 2.25 bits per heavy atom. The summed E-state index contributed by atoms with van der Waals surface area (Å²) < 4.78 is 0. The molecule has 2 rings (SSSR count). The average molecular weight is 342 g/mol. The SMILES string of the molecule is C=C(/C=N\NCC)c1ccc(C(C(N)=O)c2ccc(Cl)cc2)cc1. The fourth-order valence-electron chi connectivity index (χ4n) is 2.36. The van der Waals surface area contributed by atoms with E-state index in [9.17, 15) is 4.79 Å². The van der Waals surface area contributed by atoms with Crippen LogP contribution >= 0.6 is 11.6 Å². The lowest BCUT2D eigenvalue weighted by Gasteiger charge is -2.15. The summed E-state index contributed by atoms with van der Waals surface area (Å²) >= 11 is 5.91. The number of halogens is 1. The number of rotatable bonds is 7. The van der Waals surface area contributed by atoms with Gasteiger partial charge in [0.1, 0.15) is 0 Å². The molecule has 124 valence electrons. The maximum Gasteiger partial charge on any atom is 0.229 e. The van der Waals surface area contributed by atoms with Gasteiger partial charge in [-0.25, -0.2) is 0 Å². The molecule has 2 aromatic carbocycles. The third kappa shape index (κ3) is 4.46. The summed E-state index contributed by atoms with van der Waals surface area (Å²) in [5.41, 5.74) is 11.8. The van der Waals surface area contributed by atoms with E-state index < -0.39 is 11.8 Å². The second-order valence-electron chi connectivity index (χ2n) is 5.30. The van der Waals surface area contributed by atoms with E-state index in [1.807, 2.05) is 43.3 Å². The zero-order chi connectivity index (χ0) is 17.5. The summed E-state index contributed by atoms with van der Waals surface area (Å²) in [7, 11) is 0. The quantitative estimate of drug-likeness (QED) is 0.597. The van der Waals surface area contributed by atoms with Crippen molar-refractivity contribution in [1.82, 2.24) is 5.43 Å². The Kier molecular flexibility index (Phi) is 6.15. The van der Waals surface area contributed by atoms with Crippen molar-refractivity contribution in [2.45, 2.75) is 12.8 Å². The van der Waals surface area contributed by atoms with E-state index in [0.29, 0.717) is 5.02 Å². The first-order valence-corrected chi connectivity index (χ1v) is 8.00. The van der Waals surface area contributed by atoms with E-state index in [1.165, 1.54) is 0 Å². The Hall–Kier alpha value is -2.59. The van der Waals surface area contributed by atoms with Crippen LogP contribution in [0, 0.1) is 0 Å². The first-order chi connectivity index (χ1) is 11.5. The molecule has 1 atom stereocenters. The van der Waals surface area contributed by atoms with Crippen molar-refractivity contribution >= 4 is 29.3 Å². The van der Waals surface area contributed by atoms with Crippen LogP contribution < -0.4 is 11.2 Å². The van der Waals surface area contributed by atoms with Crippen molar-refractivity contribution in [1.29, 1.82) is 0 Å². The van der Waals surface area contributed by atoms with Gasteiger partial charge in [-0.3, -0.25) is 4.79 Å². The van der Waals surface area contributed by atoms with Gasteiger partial charge in [-0.05, 0) is 41.3 Å². The number of hydrogen-bond acceptors (Lipinski definition) is 3. The molecule has 0 fully saturated rings. The van der Waals surface area contributed by atoms with Crippen LogP contribution in [0.1, 0.15) is 29.5 Å². The molecule has 0 bridgehead atoms. The molecular formula is C19H20ClN3O. The first kappa shape index (κ1) is 17.8. The molecule has 3 N–H and O–H groups in total. The highest BCUT2D eigenvalue weighted by molar-refractivity contribution is 6.30. The summed E-state index contributed by atoms with van der Waals surface area (Å²) in [4.78, 5) is 11.9. The largest absolute Gasteiger partial charge is 0.369 e. The van der Waals surface area contributed by atoms with E-state index >= 15 is 0 Å². The summed E-state index contributed by atoms with van der Waals surface area (Å²) in [5.74, 6) is -0.919. The summed E-state index contributed by atoms with van der Waals surface area (Å²) in [6, 6.07) is 14.7. The number of amides is 1. The molecule has 0 radical (unpaired) electrons. The van der Waals surface area contributed by atoms with Gasteiger partial charge in [0.2, 0.25) is 5.91 Å². The van der Waals surface area contributed by atoms with Crippen molar-refractivity contribution in [2.75, 3.05) is 6.54 Å². The molecular weight excluding hydrogens is 322 g/mol. The third-order valence-corrected chi connectivity index (χ3v) is 3.82. The number of nitrogens with one attached hydrogen (secondary N) is 1. The lowest BCUT2D eigenvalue weighted by Crippen LogP contribution is -2.22. The number of carbonyl (C=O) groups is 1. The topological polar surface area (TPSA) is 67.5 Å². The number of allylic oxidation sites excluding steroid dienone is 1. The molecule has 0 aliphatic carbocycles. The van der Waals surface area contributed by atoms with Gasteiger partial charge in [-0.15, -0.1) is 0 Å². The van der Waals surface area contributed by atoms with E-state index in [0.717, 1.165) is 28.8 Å². The highest BCUT2D eigenvalue weighted by atomic mass is 35.5. The molecule has 5 heteroatoms. The Bertz CT molecular complexity index is 736. The van der Waals surface area contributed by atoms with Gasteiger partial charge >= 0.3 is 0 Å². The fourth-order valence-corrected chi connectivity index (χ4v) is 2.48. The van der Waals surface area contributed by atoms with Gasteiger partial charge in [0, 0.05) is 11.6 Å². The molecule has 0 saturated heterocycles. The minimum absolute atomic E-state index is 0.405. The van der Waals surface area contributed by atoms with Crippen LogP contribution in [0.25, 0.3) is 5.57 Å². The highest BCUT2D eigenvalue weighted by Crippen LogP contribution is 2.26. The predicted molar refractivity (Wildman–Crippen MR) is 100 cm³/mol. The third-order valence-electron chi connectivity index (χ3n) is 3.57. The number of primary amides is 1. The van der Waals surface area contributed by atoms with Gasteiger partial charge in [0.25, 0.3) is 0 Å². The van der Waals surface area contributed by atoms with Crippen molar-refractivity contribution in [3.8, 4) is 0 Å². The zero-order valence-corrected chi connectivity index (χ0v) is 14.3. The Balaban J connectivity index is 2.25. The van der Waals surface area contributed by atoms with Crippen molar-refractivity contribution < 1.29 is 4.79 Å². The minimum Gasteiger partial charge on any atom is -0.369 e. The smallest absolute Gasteiger partial charge is 0.229 e. The van der Waals surface area contributed by atoms with Crippen molar-refractivity contribution in [3.05, 3.63) is 76.8 Å². The summed E-state index contributed by atoms with van der Waals surface area (Å²) in [5, 5.41) is 4.67. The highest BCUT2D eigenvalue weighted by Gasteiger charge is 2.20. The van der Waals surface area contributed by atoms with Gasteiger partial charge in [0.05, 0.1) is 12.1 Å². The second kappa shape index (κ2) is 8.31. The molecule has 4 nitrogen and oxygen atoms in total. The van der Waals surface area contributed by atoms with Gasteiger partial charge in [-0.2, -0.15) is 5.10 Å². The molecule has 2 aromatic rings. The number of nitrogens with zero attached hydrogens (tertiary/aromatic N) is 1. The maximum absolute atomic E-state index is 11.9. The lowest BCUT2D eigenvalue weighted by molar-refractivity contribution is -0.118. The molecule has 1 amide bonds. The molecule has 0 aliphatic heterocycles.